The lowest BCUT2D eigenvalue weighted by Gasteiger charge is -2.33. The molecule has 2 aromatic rings. The molecule has 0 spiro atoms. The van der Waals surface area contributed by atoms with Crippen molar-refractivity contribution in [2.45, 2.75) is 71.5 Å². The fourth-order valence-electron chi connectivity index (χ4n) is 4.75. The molecule has 8 heteroatoms. The SMILES string of the molecule is CCC(C(=O)NC1CCCC1)N(Cc1ccccc1)C(=O)CN(c1ccc(C)cc1C)S(C)(=O)=O. The van der Waals surface area contributed by atoms with Crippen LogP contribution in [0.3, 0.4) is 0 Å². The van der Waals surface area contributed by atoms with Gasteiger partial charge in [-0.2, -0.15) is 0 Å². The van der Waals surface area contributed by atoms with Gasteiger partial charge in [0.25, 0.3) is 0 Å². The van der Waals surface area contributed by atoms with Crippen LogP contribution in [0.2, 0.25) is 0 Å². The van der Waals surface area contributed by atoms with E-state index in [0.717, 1.165) is 52.9 Å². The van der Waals surface area contributed by atoms with Gasteiger partial charge in [-0.15, -0.1) is 0 Å². The van der Waals surface area contributed by atoms with Crippen molar-refractivity contribution in [2.75, 3.05) is 17.1 Å². The van der Waals surface area contributed by atoms with Gasteiger partial charge >= 0.3 is 0 Å². The molecule has 0 aromatic heterocycles. The van der Waals surface area contributed by atoms with Crippen molar-refractivity contribution in [3.63, 3.8) is 0 Å². The number of benzene rings is 2. The number of sulfonamides is 1. The quantitative estimate of drug-likeness (QED) is 0.537. The van der Waals surface area contributed by atoms with E-state index < -0.39 is 22.0 Å². The summed E-state index contributed by atoms with van der Waals surface area (Å²) in [4.78, 5) is 28.5. The molecule has 3 rings (SSSR count). The van der Waals surface area contributed by atoms with E-state index >= 15 is 0 Å². The Kier molecular flexibility index (Phi) is 8.94. The number of hydrogen-bond donors (Lipinski definition) is 1. The van der Waals surface area contributed by atoms with Crippen LogP contribution in [0.5, 0.6) is 0 Å². The number of carbonyl (C=O) groups is 2. The van der Waals surface area contributed by atoms with E-state index in [9.17, 15) is 18.0 Å². The van der Waals surface area contributed by atoms with Gasteiger partial charge in [-0.25, -0.2) is 8.42 Å². The Labute approximate surface area is 209 Å². The van der Waals surface area contributed by atoms with Crippen LogP contribution in [0.4, 0.5) is 5.69 Å². The molecule has 1 atom stereocenters. The molecule has 1 unspecified atom stereocenters. The lowest BCUT2D eigenvalue weighted by Crippen LogP contribution is -2.53. The number of amides is 2. The molecule has 0 saturated heterocycles. The first kappa shape index (κ1) is 26.7. The third-order valence-corrected chi connectivity index (χ3v) is 7.71. The van der Waals surface area contributed by atoms with Crippen LogP contribution in [0.25, 0.3) is 0 Å². The largest absolute Gasteiger partial charge is 0.352 e. The number of carbonyl (C=O) groups excluding carboxylic acids is 2. The summed E-state index contributed by atoms with van der Waals surface area (Å²) in [5, 5.41) is 3.12. The van der Waals surface area contributed by atoms with Gasteiger partial charge in [0.05, 0.1) is 11.9 Å². The zero-order chi connectivity index (χ0) is 25.6. The van der Waals surface area contributed by atoms with Crippen LogP contribution < -0.4 is 9.62 Å². The molecular weight excluding hydrogens is 462 g/mol. The summed E-state index contributed by atoms with van der Waals surface area (Å²) in [5.41, 5.74) is 3.12. The molecule has 0 aliphatic heterocycles. The predicted octanol–water partition coefficient (Wildman–Crippen LogP) is 3.94. The number of nitrogens with one attached hydrogen (secondary N) is 1. The van der Waals surface area contributed by atoms with Crippen molar-refractivity contribution >= 4 is 27.5 Å². The lowest BCUT2D eigenvalue weighted by atomic mass is 10.1. The molecule has 1 N–H and O–H groups in total. The molecule has 1 aliphatic rings. The van der Waals surface area contributed by atoms with Gasteiger partial charge in [-0.05, 0) is 50.3 Å². The second-order valence-corrected chi connectivity index (χ2v) is 11.4. The van der Waals surface area contributed by atoms with Crippen LogP contribution in [0.1, 0.15) is 55.7 Å². The van der Waals surface area contributed by atoms with E-state index in [2.05, 4.69) is 5.32 Å². The minimum Gasteiger partial charge on any atom is -0.352 e. The molecule has 190 valence electrons. The first-order chi connectivity index (χ1) is 16.6. The Morgan fingerprint density at radius 2 is 1.71 bits per heavy atom. The summed E-state index contributed by atoms with van der Waals surface area (Å²) in [6.45, 7) is 5.49. The summed E-state index contributed by atoms with van der Waals surface area (Å²) in [5.74, 6) is -0.589. The topological polar surface area (TPSA) is 86.8 Å². The van der Waals surface area contributed by atoms with E-state index in [1.807, 2.05) is 63.2 Å². The Hall–Kier alpha value is -2.87. The number of nitrogens with zero attached hydrogens (tertiary/aromatic N) is 2. The Bertz CT molecular complexity index is 1130. The van der Waals surface area contributed by atoms with E-state index in [1.54, 1.807) is 6.07 Å². The van der Waals surface area contributed by atoms with Crippen molar-refractivity contribution in [2.24, 2.45) is 0 Å². The molecule has 2 aromatic carbocycles. The molecule has 1 saturated carbocycles. The van der Waals surface area contributed by atoms with Crippen LogP contribution >= 0.6 is 0 Å². The number of anilines is 1. The van der Waals surface area contributed by atoms with Gasteiger partial charge in [0, 0.05) is 12.6 Å². The predicted molar refractivity (Wildman–Crippen MR) is 140 cm³/mol. The van der Waals surface area contributed by atoms with E-state index in [0.29, 0.717) is 12.1 Å². The second-order valence-electron chi connectivity index (χ2n) is 9.48. The van der Waals surface area contributed by atoms with Crippen LogP contribution in [-0.2, 0) is 26.2 Å². The van der Waals surface area contributed by atoms with E-state index in [1.165, 1.54) is 4.90 Å². The van der Waals surface area contributed by atoms with Crippen molar-refractivity contribution in [1.29, 1.82) is 0 Å². The summed E-state index contributed by atoms with van der Waals surface area (Å²) < 4.78 is 26.7. The summed E-state index contributed by atoms with van der Waals surface area (Å²) >= 11 is 0. The van der Waals surface area contributed by atoms with Gasteiger partial charge in [0.15, 0.2) is 0 Å². The highest BCUT2D eigenvalue weighted by molar-refractivity contribution is 7.92. The number of hydrogen-bond acceptors (Lipinski definition) is 4. The zero-order valence-electron chi connectivity index (χ0n) is 21.2. The molecular formula is C27H37N3O4S. The molecule has 1 fully saturated rings. The zero-order valence-corrected chi connectivity index (χ0v) is 22.0. The highest BCUT2D eigenvalue weighted by atomic mass is 32.2. The van der Waals surface area contributed by atoms with Crippen molar-refractivity contribution in [3.8, 4) is 0 Å². The van der Waals surface area contributed by atoms with E-state index in [-0.39, 0.29) is 25.0 Å². The molecule has 2 amide bonds. The van der Waals surface area contributed by atoms with Crippen molar-refractivity contribution < 1.29 is 18.0 Å². The molecule has 0 radical (unpaired) electrons. The minimum absolute atomic E-state index is 0.132. The number of rotatable bonds is 10. The van der Waals surface area contributed by atoms with Crippen molar-refractivity contribution in [1.82, 2.24) is 10.2 Å². The highest BCUT2D eigenvalue weighted by Gasteiger charge is 2.33. The van der Waals surface area contributed by atoms with E-state index in [4.69, 9.17) is 0 Å². The van der Waals surface area contributed by atoms with Gasteiger partial charge in [0.1, 0.15) is 12.6 Å². The first-order valence-corrected chi connectivity index (χ1v) is 14.1. The second kappa shape index (κ2) is 11.7. The Morgan fingerprint density at radius 1 is 1.06 bits per heavy atom. The van der Waals surface area contributed by atoms with Gasteiger partial charge < -0.3 is 10.2 Å². The molecule has 0 heterocycles. The average Bonchev–Trinajstić information content (AvgIpc) is 3.30. The smallest absolute Gasteiger partial charge is 0.244 e. The normalized spacial score (nSPS) is 15.0. The third kappa shape index (κ3) is 7.07. The molecule has 1 aliphatic carbocycles. The Balaban J connectivity index is 1.92. The fraction of sp³-hybridized carbons (Fsp3) is 0.481. The maximum Gasteiger partial charge on any atom is 0.244 e. The molecule has 0 bridgehead atoms. The minimum atomic E-state index is -3.74. The van der Waals surface area contributed by atoms with Crippen LogP contribution in [-0.4, -0.2) is 50.0 Å². The summed E-state index contributed by atoms with van der Waals surface area (Å²) in [6.07, 6.45) is 5.61. The Morgan fingerprint density at radius 3 is 2.29 bits per heavy atom. The third-order valence-electron chi connectivity index (χ3n) is 6.58. The average molecular weight is 500 g/mol. The summed E-state index contributed by atoms with van der Waals surface area (Å²) in [7, 11) is -3.74. The molecule has 7 nitrogen and oxygen atoms in total. The summed E-state index contributed by atoms with van der Waals surface area (Å²) in [6, 6.07) is 14.4. The monoisotopic (exact) mass is 499 g/mol. The highest BCUT2D eigenvalue weighted by Crippen LogP contribution is 2.25. The van der Waals surface area contributed by atoms with Crippen LogP contribution in [0.15, 0.2) is 48.5 Å². The molecule has 35 heavy (non-hydrogen) atoms. The maximum absolute atomic E-state index is 13.7. The van der Waals surface area contributed by atoms with Gasteiger partial charge in [-0.1, -0.05) is 67.8 Å². The first-order valence-electron chi connectivity index (χ1n) is 12.3. The van der Waals surface area contributed by atoms with Crippen molar-refractivity contribution in [3.05, 3.63) is 65.2 Å². The van der Waals surface area contributed by atoms with Crippen LogP contribution in [0, 0.1) is 13.8 Å². The van der Waals surface area contributed by atoms with Gasteiger partial charge in [-0.3, -0.25) is 13.9 Å². The number of aryl methyl sites for hydroxylation is 2. The fourth-order valence-corrected chi connectivity index (χ4v) is 5.65. The maximum atomic E-state index is 13.7. The standard InChI is InChI=1S/C27H37N3O4S/c1-5-24(27(32)28-23-13-9-10-14-23)29(18-22-11-7-6-8-12-22)26(31)19-30(35(4,33)34)25-16-15-20(2)17-21(25)3/h6-8,11-12,15-17,23-24H,5,9-10,13-14,18-19H2,1-4H3,(H,28,32). The van der Waals surface area contributed by atoms with Gasteiger partial charge in [0.2, 0.25) is 21.8 Å². The lowest BCUT2D eigenvalue weighted by molar-refractivity contribution is -0.140.